The fraction of sp³-hybridized carbons (Fsp3) is 0.300. The number of benzene rings is 2. The molecule has 0 aliphatic heterocycles. The van der Waals surface area contributed by atoms with E-state index in [1.165, 1.54) is 18.2 Å². The van der Waals surface area contributed by atoms with E-state index in [9.17, 15) is 14.7 Å². The molecular formula is C20H24N2O4. The van der Waals surface area contributed by atoms with Gasteiger partial charge in [-0.3, -0.25) is 4.79 Å². The van der Waals surface area contributed by atoms with Gasteiger partial charge < -0.3 is 20.5 Å². The molecule has 3 N–H and O–H groups in total. The first kappa shape index (κ1) is 19.5. The van der Waals surface area contributed by atoms with Crippen LogP contribution in [-0.4, -0.2) is 37.0 Å². The van der Waals surface area contributed by atoms with Crippen LogP contribution < -0.4 is 15.4 Å². The number of carbonyl (C=O) groups excluding carboxylic acids is 2. The van der Waals surface area contributed by atoms with Gasteiger partial charge in [0.2, 0.25) is 0 Å². The van der Waals surface area contributed by atoms with Crippen LogP contribution in [0, 0.1) is 5.92 Å². The van der Waals surface area contributed by atoms with Crippen molar-refractivity contribution in [3.8, 4) is 11.5 Å². The molecule has 138 valence electrons. The highest BCUT2D eigenvalue weighted by Crippen LogP contribution is 2.28. The van der Waals surface area contributed by atoms with Gasteiger partial charge in [0.1, 0.15) is 0 Å². The topological polar surface area (TPSA) is 92.9 Å². The third-order valence-electron chi connectivity index (χ3n) is 4.07. The summed E-state index contributed by atoms with van der Waals surface area (Å²) >= 11 is 0. The SMILES string of the molecule is CC(C)C(N)C(=O)c1ccc(OC(=O)c2cccc(N(C)C)c2)c(O)c1. The molecule has 0 aliphatic rings. The lowest BCUT2D eigenvalue weighted by atomic mass is 9.96. The quantitative estimate of drug-likeness (QED) is 0.470. The molecule has 1 atom stereocenters. The number of aromatic hydroxyl groups is 1. The summed E-state index contributed by atoms with van der Waals surface area (Å²) in [6.45, 7) is 3.70. The van der Waals surface area contributed by atoms with Crippen molar-refractivity contribution in [2.45, 2.75) is 19.9 Å². The second-order valence-corrected chi connectivity index (χ2v) is 6.65. The summed E-state index contributed by atoms with van der Waals surface area (Å²) < 4.78 is 5.26. The number of phenols is 1. The summed E-state index contributed by atoms with van der Waals surface area (Å²) in [6, 6.07) is 10.4. The first-order chi connectivity index (χ1) is 12.2. The van der Waals surface area contributed by atoms with Crippen molar-refractivity contribution in [2.75, 3.05) is 19.0 Å². The van der Waals surface area contributed by atoms with E-state index in [0.29, 0.717) is 5.56 Å². The smallest absolute Gasteiger partial charge is 0.343 e. The first-order valence-electron chi connectivity index (χ1n) is 8.33. The molecule has 2 rings (SSSR count). The Hall–Kier alpha value is -2.86. The van der Waals surface area contributed by atoms with E-state index in [-0.39, 0.29) is 28.8 Å². The number of anilines is 1. The first-order valence-corrected chi connectivity index (χ1v) is 8.33. The zero-order valence-corrected chi connectivity index (χ0v) is 15.4. The zero-order chi connectivity index (χ0) is 19.4. The van der Waals surface area contributed by atoms with Crippen molar-refractivity contribution in [1.82, 2.24) is 0 Å². The number of ketones is 1. The standard InChI is InChI=1S/C20H24N2O4/c1-12(2)18(21)19(24)13-8-9-17(16(23)11-13)26-20(25)14-6-5-7-15(10-14)22(3)4/h5-12,18,23H,21H2,1-4H3. The van der Waals surface area contributed by atoms with Crippen LogP contribution in [0.5, 0.6) is 11.5 Å². The van der Waals surface area contributed by atoms with Crippen molar-refractivity contribution in [3.05, 3.63) is 53.6 Å². The molecule has 0 fully saturated rings. The molecule has 0 saturated heterocycles. The number of phenolic OH excluding ortho intramolecular Hbond substituents is 1. The Morgan fingerprint density at radius 2 is 1.77 bits per heavy atom. The number of hydrogen-bond donors (Lipinski definition) is 2. The number of nitrogens with zero attached hydrogens (tertiary/aromatic N) is 1. The van der Waals surface area contributed by atoms with Crippen molar-refractivity contribution in [1.29, 1.82) is 0 Å². The van der Waals surface area contributed by atoms with E-state index >= 15 is 0 Å². The second kappa shape index (κ2) is 8.01. The number of nitrogens with two attached hydrogens (primary N) is 1. The Bertz CT molecular complexity index is 815. The van der Waals surface area contributed by atoms with Gasteiger partial charge in [-0.25, -0.2) is 4.79 Å². The second-order valence-electron chi connectivity index (χ2n) is 6.65. The van der Waals surface area contributed by atoms with Gasteiger partial charge in [0.15, 0.2) is 17.3 Å². The largest absolute Gasteiger partial charge is 0.504 e. The van der Waals surface area contributed by atoms with E-state index in [2.05, 4.69) is 0 Å². The van der Waals surface area contributed by atoms with Crippen LogP contribution in [0.15, 0.2) is 42.5 Å². The maximum absolute atomic E-state index is 12.3. The molecule has 0 aliphatic carbocycles. The molecule has 0 bridgehead atoms. The molecular weight excluding hydrogens is 332 g/mol. The third kappa shape index (κ3) is 4.40. The minimum atomic E-state index is -0.656. The lowest BCUT2D eigenvalue weighted by molar-refractivity contribution is 0.0729. The monoisotopic (exact) mass is 356 g/mol. The van der Waals surface area contributed by atoms with Gasteiger partial charge in [-0.05, 0) is 42.3 Å². The van der Waals surface area contributed by atoms with Gasteiger partial charge in [0, 0.05) is 25.3 Å². The maximum atomic E-state index is 12.3. The summed E-state index contributed by atoms with van der Waals surface area (Å²) in [7, 11) is 3.74. The molecule has 0 heterocycles. The van der Waals surface area contributed by atoms with Crippen LogP contribution in [0.2, 0.25) is 0 Å². The molecule has 1 unspecified atom stereocenters. The number of carbonyl (C=O) groups is 2. The summed E-state index contributed by atoms with van der Waals surface area (Å²) in [5, 5.41) is 10.1. The predicted octanol–water partition coefficient (Wildman–Crippen LogP) is 2.84. The van der Waals surface area contributed by atoms with Gasteiger partial charge in [-0.1, -0.05) is 19.9 Å². The van der Waals surface area contributed by atoms with Gasteiger partial charge in [0.05, 0.1) is 11.6 Å². The molecule has 26 heavy (non-hydrogen) atoms. The average molecular weight is 356 g/mol. The van der Waals surface area contributed by atoms with E-state index in [1.807, 2.05) is 38.9 Å². The predicted molar refractivity (Wildman–Crippen MR) is 101 cm³/mol. The lowest BCUT2D eigenvalue weighted by Crippen LogP contribution is -2.35. The van der Waals surface area contributed by atoms with Gasteiger partial charge >= 0.3 is 5.97 Å². The van der Waals surface area contributed by atoms with Gasteiger partial charge in [-0.2, -0.15) is 0 Å². The van der Waals surface area contributed by atoms with E-state index in [1.54, 1.807) is 18.2 Å². The molecule has 2 aromatic carbocycles. The van der Waals surface area contributed by atoms with E-state index in [4.69, 9.17) is 10.5 Å². The number of esters is 1. The zero-order valence-electron chi connectivity index (χ0n) is 15.4. The highest BCUT2D eigenvalue weighted by atomic mass is 16.5. The minimum absolute atomic E-state index is 0.0140. The normalized spacial score (nSPS) is 11.9. The highest BCUT2D eigenvalue weighted by molar-refractivity contribution is 6.00. The Morgan fingerprint density at radius 1 is 1.08 bits per heavy atom. The molecule has 0 radical (unpaired) electrons. The van der Waals surface area contributed by atoms with Gasteiger partial charge in [-0.15, -0.1) is 0 Å². The molecule has 0 aromatic heterocycles. The van der Waals surface area contributed by atoms with Crippen LogP contribution in [-0.2, 0) is 0 Å². The fourth-order valence-electron chi connectivity index (χ4n) is 2.32. The van der Waals surface area contributed by atoms with Crippen LogP contribution in [0.4, 0.5) is 5.69 Å². The lowest BCUT2D eigenvalue weighted by Gasteiger charge is -2.15. The number of hydrogen-bond acceptors (Lipinski definition) is 6. The molecule has 6 heteroatoms. The van der Waals surface area contributed by atoms with E-state index in [0.717, 1.165) is 5.69 Å². The Kier molecular flexibility index (Phi) is 6.00. The number of rotatable bonds is 6. The Morgan fingerprint density at radius 3 is 2.35 bits per heavy atom. The Balaban J connectivity index is 2.19. The minimum Gasteiger partial charge on any atom is -0.504 e. The van der Waals surface area contributed by atoms with Crippen LogP contribution >= 0.6 is 0 Å². The van der Waals surface area contributed by atoms with Crippen molar-refractivity contribution < 1.29 is 19.4 Å². The summed E-state index contributed by atoms with van der Waals surface area (Å²) in [5.74, 6) is -1.19. The number of ether oxygens (including phenoxy) is 1. The highest BCUT2D eigenvalue weighted by Gasteiger charge is 2.21. The molecule has 0 amide bonds. The van der Waals surface area contributed by atoms with Crippen LogP contribution in [0.1, 0.15) is 34.6 Å². The van der Waals surface area contributed by atoms with Crippen LogP contribution in [0.25, 0.3) is 0 Å². The van der Waals surface area contributed by atoms with Crippen molar-refractivity contribution in [3.63, 3.8) is 0 Å². The number of Topliss-reactive ketones (excluding diaryl/α,β-unsaturated/α-hetero) is 1. The van der Waals surface area contributed by atoms with Crippen LogP contribution in [0.3, 0.4) is 0 Å². The van der Waals surface area contributed by atoms with E-state index < -0.39 is 12.0 Å². The van der Waals surface area contributed by atoms with Crippen molar-refractivity contribution >= 4 is 17.4 Å². The maximum Gasteiger partial charge on any atom is 0.343 e. The van der Waals surface area contributed by atoms with Gasteiger partial charge in [0.25, 0.3) is 0 Å². The molecule has 2 aromatic rings. The fourth-order valence-corrected chi connectivity index (χ4v) is 2.32. The summed E-state index contributed by atoms with van der Waals surface area (Å²) in [6.07, 6.45) is 0. The Labute approximate surface area is 153 Å². The summed E-state index contributed by atoms with van der Waals surface area (Å²) in [5.41, 5.74) is 7.34. The molecule has 6 nitrogen and oxygen atoms in total. The third-order valence-corrected chi connectivity index (χ3v) is 4.07. The molecule has 0 saturated carbocycles. The van der Waals surface area contributed by atoms with Crippen molar-refractivity contribution in [2.24, 2.45) is 11.7 Å². The average Bonchev–Trinajstić information content (AvgIpc) is 2.61. The summed E-state index contributed by atoms with van der Waals surface area (Å²) in [4.78, 5) is 26.4. The molecule has 0 spiro atoms.